The van der Waals surface area contributed by atoms with Crippen molar-refractivity contribution in [1.82, 2.24) is 0 Å². The first-order valence-electron chi connectivity index (χ1n) is 5.89. The molecule has 0 unspecified atom stereocenters. The fourth-order valence-corrected chi connectivity index (χ4v) is 2.18. The average Bonchev–Trinajstić information content (AvgIpc) is 3.08. The van der Waals surface area contributed by atoms with Gasteiger partial charge in [0.05, 0.1) is 18.3 Å². The lowest BCUT2D eigenvalue weighted by molar-refractivity contribution is 0.0445. The van der Waals surface area contributed by atoms with Crippen molar-refractivity contribution in [2.75, 3.05) is 7.11 Å². The number of methoxy groups -OCH3 is 1. The molecule has 1 N–H and O–H groups in total. The fraction of sp³-hybridized carbons (Fsp3) is 0.846. The minimum absolute atomic E-state index is 0.0794. The SMILES string of the molecule is C#C[C@@H](C)[C@H](O)[C@@H]1O[C@H]1[C@H](C)[C@H](CC)OC. The van der Waals surface area contributed by atoms with Crippen molar-refractivity contribution in [3.05, 3.63) is 0 Å². The van der Waals surface area contributed by atoms with Gasteiger partial charge in [-0.1, -0.05) is 13.8 Å². The van der Waals surface area contributed by atoms with Gasteiger partial charge in [0.15, 0.2) is 0 Å². The van der Waals surface area contributed by atoms with E-state index in [-0.39, 0.29) is 24.2 Å². The first kappa shape index (κ1) is 13.5. The number of aliphatic hydroxyl groups is 1. The highest BCUT2D eigenvalue weighted by Gasteiger charge is 2.50. The van der Waals surface area contributed by atoms with Gasteiger partial charge in [-0.05, 0) is 13.3 Å². The molecule has 1 aliphatic rings. The summed E-state index contributed by atoms with van der Waals surface area (Å²) in [4.78, 5) is 0. The number of terminal acetylenes is 1. The van der Waals surface area contributed by atoms with Crippen LogP contribution in [-0.4, -0.2) is 36.6 Å². The van der Waals surface area contributed by atoms with E-state index in [2.05, 4.69) is 19.8 Å². The molecule has 16 heavy (non-hydrogen) atoms. The van der Waals surface area contributed by atoms with Gasteiger partial charge < -0.3 is 14.6 Å². The van der Waals surface area contributed by atoms with E-state index in [9.17, 15) is 5.11 Å². The predicted molar refractivity (Wildman–Crippen MR) is 62.9 cm³/mol. The van der Waals surface area contributed by atoms with Crippen LogP contribution in [0.3, 0.4) is 0 Å². The molecule has 1 aliphatic heterocycles. The van der Waals surface area contributed by atoms with Crippen LogP contribution in [0.25, 0.3) is 0 Å². The molecule has 6 atom stereocenters. The summed E-state index contributed by atoms with van der Waals surface area (Å²) in [5.74, 6) is 2.67. The van der Waals surface area contributed by atoms with Crippen molar-refractivity contribution in [1.29, 1.82) is 0 Å². The Kier molecular flexibility index (Phi) is 4.79. The molecular formula is C13H22O3. The quantitative estimate of drug-likeness (QED) is 0.550. The second-order valence-electron chi connectivity index (χ2n) is 4.55. The summed E-state index contributed by atoms with van der Waals surface area (Å²) in [5, 5.41) is 9.90. The zero-order valence-electron chi connectivity index (χ0n) is 10.5. The molecule has 1 saturated heterocycles. The predicted octanol–water partition coefficient (Wildman–Crippen LogP) is 1.45. The van der Waals surface area contributed by atoms with Crippen molar-refractivity contribution >= 4 is 0 Å². The van der Waals surface area contributed by atoms with E-state index >= 15 is 0 Å². The number of hydrogen-bond donors (Lipinski definition) is 1. The Morgan fingerprint density at radius 2 is 2.06 bits per heavy atom. The van der Waals surface area contributed by atoms with E-state index in [1.807, 2.05) is 6.92 Å². The molecule has 3 nitrogen and oxygen atoms in total. The molecule has 0 aromatic heterocycles. The molecule has 0 aromatic rings. The Morgan fingerprint density at radius 3 is 2.50 bits per heavy atom. The van der Waals surface area contributed by atoms with Crippen LogP contribution < -0.4 is 0 Å². The number of hydrogen-bond acceptors (Lipinski definition) is 3. The molecule has 92 valence electrons. The summed E-state index contributed by atoms with van der Waals surface area (Å²) in [5.41, 5.74) is 0. The molecule has 1 heterocycles. The molecule has 0 spiro atoms. The zero-order valence-corrected chi connectivity index (χ0v) is 10.5. The highest BCUT2D eigenvalue weighted by Crippen LogP contribution is 2.37. The van der Waals surface area contributed by atoms with Gasteiger partial charge in [0.1, 0.15) is 6.10 Å². The fourth-order valence-electron chi connectivity index (χ4n) is 2.18. The molecule has 3 heteroatoms. The van der Waals surface area contributed by atoms with Crippen molar-refractivity contribution in [3.8, 4) is 12.3 Å². The smallest absolute Gasteiger partial charge is 0.112 e. The van der Waals surface area contributed by atoms with Gasteiger partial charge >= 0.3 is 0 Å². The second kappa shape index (κ2) is 5.67. The van der Waals surface area contributed by atoms with E-state index in [0.717, 1.165) is 6.42 Å². The largest absolute Gasteiger partial charge is 0.389 e. The van der Waals surface area contributed by atoms with Crippen LogP contribution >= 0.6 is 0 Å². The lowest BCUT2D eigenvalue weighted by atomic mass is 9.92. The normalized spacial score (nSPS) is 31.2. The van der Waals surface area contributed by atoms with Crippen LogP contribution in [0, 0.1) is 24.2 Å². The van der Waals surface area contributed by atoms with Gasteiger partial charge in [-0.25, -0.2) is 0 Å². The highest BCUT2D eigenvalue weighted by atomic mass is 16.6. The van der Waals surface area contributed by atoms with Gasteiger partial charge in [0.2, 0.25) is 0 Å². The molecule has 1 rings (SSSR count). The maximum Gasteiger partial charge on any atom is 0.112 e. The Morgan fingerprint density at radius 1 is 1.44 bits per heavy atom. The van der Waals surface area contributed by atoms with Crippen LogP contribution in [0.15, 0.2) is 0 Å². The zero-order chi connectivity index (χ0) is 12.3. The summed E-state index contributed by atoms with van der Waals surface area (Å²) in [7, 11) is 1.71. The van der Waals surface area contributed by atoms with Crippen molar-refractivity contribution in [2.45, 2.75) is 51.6 Å². The first-order valence-corrected chi connectivity index (χ1v) is 5.89. The summed E-state index contributed by atoms with van der Waals surface area (Å²) in [6.07, 6.45) is 5.81. The third-order valence-electron chi connectivity index (χ3n) is 3.48. The maximum atomic E-state index is 9.90. The molecule has 0 aromatic carbocycles. The molecule has 1 fully saturated rings. The monoisotopic (exact) mass is 226 g/mol. The van der Waals surface area contributed by atoms with E-state index in [1.165, 1.54) is 0 Å². The lowest BCUT2D eigenvalue weighted by Gasteiger charge is -2.20. The Labute approximate surface area is 98.1 Å². The van der Waals surface area contributed by atoms with Crippen molar-refractivity contribution in [2.24, 2.45) is 11.8 Å². The van der Waals surface area contributed by atoms with Gasteiger partial charge in [0.25, 0.3) is 0 Å². The van der Waals surface area contributed by atoms with Crippen LogP contribution in [0.4, 0.5) is 0 Å². The highest BCUT2D eigenvalue weighted by molar-refractivity contribution is 5.04. The van der Waals surface area contributed by atoms with Gasteiger partial charge in [-0.2, -0.15) is 0 Å². The lowest BCUT2D eigenvalue weighted by Crippen LogP contribution is -2.30. The first-order chi connectivity index (χ1) is 7.56. The third kappa shape index (κ3) is 2.76. The molecule has 0 amide bonds. The number of aliphatic hydroxyl groups excluding tert-OH is 1. The number of ether oxygens (including phenoxy) is 2. The molecule has 0 aliphatic carbocycles. The van der Waals surface area contributed by atoms with E-state index in [0.29, 0.717) is 5.92 Å². The average molecular weight is 226 g/mol. The summed E-state index contributed by atoms with van der Waals surface area (Å²) >= 11 is 0. The van der Waals surface area contributed by atoms with Crippen LogP contribution in [0.2, 0.25) is 0 Å². The van der Waals surface area contributed by atoms with Crippen LogP contribution in [0.1, 0.15) is 27.2 Å². The number of epoxide rings is 1. The minimum atomic E-state index is -0.563. The topological polar surface area (TPSA) is 42.0 Å². The van der Waals surface area contributed by atoms with Gasteiger partial charge in [-0.3, -0.25) is 0 Å². The van der Waals surface area contributed by atoms with Crippen molar-refractivity contribution < 1.29 is 14.6 Å². The number of rotatable bonds is 6. The van der Waals surface area contributed by atoms with Crippen LogP contribution in [0.5, 0.6) is 0 Å². The van der Waals surface area contributed by atoms with E-state index < -0.39 is 6.10 Å². The standard InChI is InChI=1S/C13H22O3/c1-6-8(3)11(14)13-12(16-13)9(4)10(7-2)15-5/h1,8-14H,7H2,2-5H3/t8-,9-,10+,11+,12+,13+/m1/s1. The van der Waals surface area contributed by atoms with E-state index in [1.54, 1.807) is 7.11 Å². The van der Waals surface area contributed by atoms with Gasteiger partial charge in [0, 0.05) is 18.9 Å². The Hall–Kier alpha value is -0.560. The molecule has 0 bridgehead atoms. The van der Waals surface area contributed by atoms with Crippen LogP contribution in [-0.2, 0) is 9.47 Å². The maximum absolute atomic E-state index is 9.90. The molecular weight excluding hydrogens is 204 g/mol. The third-order valence-corrected chi connectivity index (χ3v) is 3.48. The van der Waals surface area contributed by atoms with Crippen molar-refractivity contribution in [3.63, 3.8) is 0 Å². The molecule has 0 radical (unpaired) electrons. The second-order valence-corrected chi connectivity index (χ2v) is 4.55. The minimum Gasteiger partial charge on any atom is -0.389 e. The Bertz CT molecular complexity index is 254. The summed E-state index contributed by atoms with van der Waals surface area (Å²) < 4.78 is 10.9. The Balaban J connectivity index is 2.47. The summed E-state index contributed by atoms with van der Waals surface area (Å²) in [6.45, 7) is 6.01. The molecule has 0 saturated carbocycles. The summed E-state index contributed by atoms with van der Waals surface area (Å²) in [6, 6.07) is 0. The van der Waals surface area contributed by atoms with Gasteiger partial charge in [-0.15, -0.1) is 12.3 Å². The van der Waals surface area contributed by atoms with E-state index in [4.69, 9.17) is 15.9 Å².